The molecule has 0 fully saturated rings. The van der Waals surface area contributed by atoms with Crippen LogP contribution < -0.4 is 5.32 Å². The van der Waals surface area contributed by atoms with Gasteiger partial charge in [0.05, 0.1) is 11.8 Å². The maximum Gasteiger partial charge on any atom is 0.326 e. The maximum atomic E-state index is 12.9. The van der Waals surface area contributed by atoms with Gasteiger partial charge in [0, 0.05) is 6.20 Å². The Hall–Kier alpha value is -1.98. The third-order valence-corrected chi connectivity index (χ3v) is 2.73. The van der Waals surface area contributed by atoms with Gasteiger partial charge in [0.15, 0.2) is 0 Å². The molecule has 2 unspecified atom stereocenters. The summed E-state index contributed by atoms with van der Waals surface area (Å²) in [6.45, 7) is 3.55. The molecule has 0 aliphatic heterocycles. The number of halogens is 1. The monoisotopic (exact) mass is 254 g/mol. The fraction of sp³-hybridized carbons (Fsp3) is 0.417. The lowest BCUT2D eigenvalue weighted by atomic mass is 9.99. The highest BCUT2D eigenvalue weighted by molar-refractivity contribution is 5.96. The maximum absolute atomic E-state index is 12.9. The van der Waals surface area contributed by atoms with Crippen LogP contribution in [0, 0.1) is 11.7 Å². The number of pyridine rings is 1. The van der Waals surface area contributed by atoms with Crippen molar-refractivity contribution in [2.75, 3.05) is 0 Å². The van der Waals surface area contributed by atoms with Gasteiger partial charge >= 0.3 is 5.97 Å². The molecule has 1 amide bonds. The van der Waals surface area contributed by atoms with Crippen molar-refractivity contribution in [2.45, 2.75) is 26.3 Å². The lowest BCUT2D eigenvalue weighted by molar-refractivity contribution is -0.140. The smallest absolute Gasteiger partial charge is 0.326 e. The first kappa shape index (κ1) is 14.1. The third-order valence-electron chi connectivity index (χ3n) is 2.73. The molecular weight excluding hydrogens is 239 g/mol. The Balaban J connectivity index is 2.82. The standard InChI is InChI=1S/C12H15FN2O3/c1-3-7(2)10(12(17)18)15-11(16)8-4-9(13)6-14-5-8/h4-7,10H,3H2,1-2H3,(H,15,16)(H,17,18). The van der Waals surface area contributed by atoms with Crippen molar-refractivity contribution in [1.82, 2.24) is 10.3 Å². The number of aromatic nitrogens is 1. The zero-order valence-corrected chi connectivity index (χ0v) is 10.2. The van der Waals surface area contributed by atoms with Crippen molar-refractivity contribution in [3.63, 3.8) is 0 Å². The highest BCUT2D eigenvalue weighted by Gasteiger charge is 2.25. The van der Waals surface area contributed by atoms with Crippen LogP contribution in [0.3, 0.4) is 0 Å². The van der Waals surface area contributed by atoms with E-state index in [1.54, 1.807) is 6.92 Å². The largest absolute Gasteiger partial charge is 0.480 e. The number of carboxylic acid groups (broad SMARTS) is 1. The van der Waals surface area contributed by atoms with E-state index in [1.165, 1.54) is 6.20 Å². The molecule has 2 atom stereocenters. The first-order chi connectivity index (χ1) is 8.45. The molecule has 0 radical (unpaired) electrons. The van der Waals surface area contributed by atoms with Crippen molar-refractivity contribution < 1.29 is 19.1 Å². The van der Waals surface area contributed by atoms with Gasteiger partial charge in [-0.2, -0.15) is 0 Å². The summed E-state index contributed by atoms with van der Waals surface area (Å²) in [6.07, 6.45) is 2.77. The van der Waals surface area contributed by atoms with E-state index < -0.39 is 23.7 Å². The van der Waals surface area contributed by atoms with E-state index in [9.17, 15) is 14.0 Å². The minimum atomic E-state index is -1.11. The fourth-order valence-electron chi connectivity index (χ4n) is 1.44. The highest BCUT2D eigenvalue weighted by Crippen LogP contribution is 2.09. The average Bonchev–Trinajstić information content (AvgIpc) is 2.34. The second-order valence-electron chi connectivity index (χ2n) is 4.07. The predicted molar refractivity (Wildman–Crippen MR) is 62.5 cm³/mol. The van der Waals surface area contributed by atoms with Gasteiger partial charge in [-0.05, 0) is 12.0 Å². The molecule has 1 aromatic rings. The first-order valence-electron chi connectivity index (χ1n) is 5.60. The lowest BCUT2D eigenvalue weighted by Gasteiger charge is -2.19. The molecule has 0 spiro atoms. The summed E-state index contributed by atoms with van der Waals surface area (Å²) >= 11 is 0. The van der Waals surface area contributed by atoms with Gasteiger partial charge in [0.2, 0.25) is 0 Å². The van der Waals surface area contributed by atoms with Crippen LogP contribution in [0.4, 0.5) is 4.39 Å². The molecule has 0 saturated carbocycles. The van der Waals surface area contributed by atoms with Gasteiger partial charge in [-0.3, -0.25) is 9.78 Å². The van der Waals surface area contributed by atoms with E-state index in [4.69, 9.17) is 5.11 Å². The molecule has 1 heterocycles. The van der Waals surface area contributed by atoms with Gasteiger partial charge in [-0.1, -0.05) is 20.3 Å². The number of nitrogens with zero attached hydrogens (tertiary/aromatic N) is 1. The zero-order chi connectivity index (χ0) is 13.7. The minimum Gasteiger partial charge on any atom is -0.480 e. The van der Waals surface area contributed by atoms with Gasteiger partial charge < -0.3 is 10.4 Å². The van der Waals surface area contributed by atoms with Crippen LogP contribution in [-0.4, -0.2) is 28.0 Å². The average molecular weight is 254 g/mol. The fourth-order valence-corrected chi connectivity index (χ4v) is 1.44. The third kappa shape index (κ3) is 3.51. The van der Waals surface area contributed by atoms with Crippen molar-refractivity contribution in [2.24, 2.45) is 5.92 Å². The second kappa shape index (κ2) is 6.09. The van der Waals surface area contributed by atoms with Gasteiger partial charge in [0.25, 0.3) is 5.91 Å². The van der Waals surface area contributed by atoms with Gasteiger partial charge in [0.1, 0.15) is 11.9 Å². The lowest BCUT2D eigenvalue weighted by Crippen LogP contribution is -2.45. The number of carbonyl (C=O) groups excluding carboxylic acids is 1. The summed E-state index contributed by atoms with van der Waals surface area (Å²) in [6, 6.07) is 0.0171. The van der Waals surface area contributed by atoms with E-state index in [-0.39, 0.29) is 11.5 Å². The Morgan fingerprint density at radius 1 is 1.50 bits per heavy atom. The van der Waals surface area contributed by atoms with Crippen LogP contribution in [0.1, 0.15) is 30.6 Å². The van der Waals surface area contributed by atoms with Crippen LogP contribution in [0.2, 0.25) is 0 Å². The molecule has 1 aromatic heterocycles. The molecule has 0 saturated heterocycles. The SMILES string of the molecule is CCC(C)C(NC(=O)c1cncc(F)c1)C(=O)O. The summed E-state index contributed by atoms with van der Waals surface area (Å²) in [5.41, 5.74) is 0.00422. The Kier molecular flexibility index (Phi) is 4.76. The van der Waals surface area contributed by atoms with Gasteiger partial charge in [-0.15, -0.1) is 0 Å². The summed E-state index contributed by atoms with van der Waals surface area (Å²) in [5.74, 6) is -2.61. The number of hydrogen-bond donors (Lipinski definition) is 2. The number of aliphatic carboxylic acids is 1. The van der Waals surface area contributed by atoms with Gasteiger partial charge in [-0.25, -0.2) is 9.18 Å². The molecule has 1 rings (SSSR count). The first-order valence-corrected chi connectivity index (χ1v) is 5.60. The Labute approximate surface area is 104 Å². The highest BCUT2D eigenvalue weighted by atomic mass is 19.1. The molecule has 0 aliphatic carbocycles. The Bertz CT molecular complexity index is 451. The van der Waals surface area contributed by atoms with Crippen LogP contribution >= 0.6 is 0 Å². The Morgan fingerprint density at radius 3 is 2.67 bits per heavy atom. The molecule has 18 heavy (non-hydrogen) atoms. The van der Waals surface area contributed by atoms with Crippen LogP contribution in [0.15, 0.2) is 18.5 Å². The summed E-state index contributed by atoms with van der Waals surface area (Å²) < 4.78 is 12.9. The molecule has 2 N–H and O–H groups in total. The number of hydrogen-bond acceptors (Lipinski definition) is 3. The Morgan fingerprint density at radius 2 is 2.17 bits per heavy atom. The number of carboxylic acids is 1. The summed E-state index contributed by atoms with van der Waals surface area (Å²) in [7, 11) is 0. The minimum absolute atomic E-state index is 0.00422. The number of amides is 1. The number of carbonyl (C=O) groups is 2. The number of nitrogens with one attached hydrogen (secondary N) is 1. The zero-order valence-electron chi connectivity index (χ0n) is 10.2. The predicted octanol–water partition coefficient (Wildman–Crippen LogP) is 1.45. The summed E-state index contributed by atoms with van der Waals surface area (Å²) in [5, 5.41) is 11.4. The topological polar surface area (TPSA) is 79.3 Å². The molecule has 5 nitrogen and oxygen atoms in total. The molecule has 6 heteroatoms. The van der Waals surface area contributed by atoms with E-state index in [2.05, 4.69) is 10.3 Å². The van der Waals surface area contributed by atoms with Crippen LogP contribution in [-0.2, 0) is 4.79 Å². The molecule has 0 aliphatic rings. The molecule has 0 aromatic carbocycles. The number of rotatable bonds is 5. The molecule has 0 bridgehead atoms. The van der Waals surface area contributed by atoms with E-state index >= 15 is 0 Å². The normalized spacial score (nSPS) is 13.7. The van der Waals surface area contributed by atoms with Crippen LogP contribution in [0.25, 0.3) is 0 Å². The van der Waals surface area contributed by atoms with Crippen molar-refractivity contribution >= 4 is 11.9 Å². The van der Waals surface area contributed by atoms with Crippen molar-refractivity contribution in [1.29, 1.82) is 0 Å². The van der Waals surface area contributed by atoms with E-state index in [0.29, 0.717) is 6.42 Å². The van der Waals surface area contributed by atoms with E-state index in [0.717, 1.165) is 12.3 Å². The second-order valence-corrected chi connectivity index (χ2v) is 4.07. The van der Waals surface area contributed by atoms with Crippen molar-refractivity contribution in [3.8, 4) is 0 Å². The van der Waals surface area contributed by atoms with Crippen molar-refractivity contribution in [3.05, 3.63) is 29.8 Å². The molecule has 98 valence electrons. The summed E-state index contributed by atoms with van der Waals surface area (Å²) in [4.78, 5) is 26.3. The quantitative estimate of drug-likeness (QED) is 0.833. The molecular formula is C12H15FN2O3. The van der Waals surface area contributed by atoms with Crippen LogP contribution in [0.5, 0.6) is 0 Å². The van der Waals surface area contributed by atoms with E-state index in [1.807, 2.05) is 6.92 Å².